The predicted octanol–water partition coefficient (Wildman–Crippen LogP) is 7.06. The Morgan fingerprint density at radius 3 is 2.32 bits per heavy atom. The monoisotopic (exact) mass is 562 g/mol. The summed E-state index contributed by atoms with van der Waals surface area (Å²) in [6, 6.07) is 21.2. The second-order valence-electron chi connectivity index (χ2n) is 9.78. The molecule has 1 aliphatic rings. The number of hydrogen-bond acceptors (Lipinski definition) is 5. The van der Waals surface area contributed by atoms with E-state index in [1.165, 1.54) is 47.0 Å². The molecule has 0 bridgehead atoms. The van der Waals surface area contributed by atoms with Gasteiger partial charge in [-0.3, -0.25) is 9.88 Å². The highest BCUT2D eigenvalue weighted by Gasteiger charge is 2.22. The van der Waals surface area contributed by atoms with Crippen molar-refractivity contribution in [1.29, 1.82) is 0 Å². The van der Waals surface area contributed by atoms with E-state index < -0.39 is 0 Å². The smallest absolute Gasteiger partial charge is 0.172 e. The van der Waals surface area contributed by atoms with E-state index in [1.54, 1.807) is 0 Å². The summed E-state index contributed by atoms with van der Waals surface area (Å²) in [6.45, 7) is 4.08. The van der Waals surface area contributed by atoms with Crippen molar-refractivity contribution in [3.8, 4) is 11.1 Å². The molecular weight excluding hydrogens is 527 g/mol. The fraction of sp³-hybridized carbons (Fsp3) is 0.379. The van der Waals surface area contributed by atoms with E-state index in [9.17, 15) is 0 Å². The molecule has 200 valence electrons. The number of hydrogen-bond donors (Lipinski definition) is 0. The van der Waals surface area contributed by atoms with Gasteiger partial charge in [0.2, 0.25) is 0 Å². The van der Waals surface area contributed by atoms with Crippen molar-refractivity contribution in [3.05, 3.63) is 83.8 Å². The van der Waals surface area contributed by atoms with Gasteiger partial charge in [0.05, 0.1) is 11.4 Å². The van der Waals surface area contributed by atoms with Crippen molar-refractivity contribution in [1.82, 2.24) is 19.9 Å². The van der Waals surface area contributed by atoms with Crippen LogP contribution >= 0.6 is 37.2 Å². The molecule has 2 aromatic carbocycles. The Balaban J connectivity index is 0.00000160. The Kier molecular flexibility index (Phi) is 12.3. The van der Waals surface area contributed by atoms with Crippen LogP contribution in [0, 0.1) is 5.92 Å². The molecule has 1 aliphatic heterocycles. The Labute approximate surface area is 238 Å². The molecule has 0 atom stereocenters. The maximum absolute atomic E-state index is 5.97. The molecule has 1 saturated heterocycles. The van der Waals surface area contributed by atoms with E-state index >= 15 is 0 Å². The molecule has 3 heterocycles. The summed E-state index contributed by atoms with van der Waals surface area (Å²) in [6.07, 6.45) is 6.52. The number of fused-ring (bicyclic) bond motifs is 1. The minimum atomic E-state index is 0. The van der Waals surface area contributed by atoms with Crippen LogP contribution in [0.4, 0.5) is 0 Å². The van der Waals surface area contributed by atoms with Crippen LogP contribution in [0.3, 0.4) is 0 Å². The number of nitrogens with zero attached hydrogens (tertiary/aromatic N) is 4. The van der Waals surface area contributed by atoms with E-state index in [1.807, 2.05) is 12.3 Å². The van der Waals surface area contributed by atoms with Crippen LogP contribution in [-0.2, 0) is 19.5 Å². The average molecular weight is 564 g/mol. The number of aryl methyl sites for hydroxylation is 1. The number of aromatic nitrogens is 2. The summed E-state index contributed by atoms with van der Waals surface area (Å²) in [7, 11) is 4.20. The maximum Gasteiger partial charge on any atom is 0.172 e. The fourth-order valence-corrected chi connectivity index (χ4v) is 5.15. The van der Waals surface area contributed by atoms with Crippen LogP contribution in [0.5, 0.6) is 0 Å². The maximum atomic E-state index is 5.97. The van der Waals surface area contributed by atoms with Crippen LogP contribution in [0.1, 0.15) is 36.2 Å². The minimum absolute atomic E-state index is 0. The van der Waals surface area contributed by atoms with Gasteiger partial charge in [-0.25, -0.2) is 0 Å². The first-order chi connectivity index (χ1) is 16.7. The molecule has 2 aromatic heterocycles. The Bertz CT molecular complexity index is 1210. The van der Waals surface area contributed by atoms with Crippen LogP contribution < -0.4 is 0 Å². The first kappa shape index (κ1) is 31.1. The standard InChI is InChI=1S/C29H34N4O.3ClH/c1-32(2)21-27-25(23-8-4-3-5-9-23)12-13-26-28(31-34-29(26)27)14-11-22-15-18-33(19-16-22)20-24-10-6-7-17-30-24;;;/h3-10,12-13,17,22H,11,14-16,18-21H2,1-2H3;3*1H. The first-order valence-electron chi connectivity index (χ1n) is 12.4. The zero-order valence-electron chi connectivity index (χ0n) is 21.5. The van der Waals surface area contributed by atoms with Gasteiger partial charge in [-0.2, -0.15) is 0 Å². The molecule has 8 heteroatoms. The second kappa shape index (κ2) is 14.7. The third-order valence-corrected chi connectivity index (χ3v) is 6.99. The second-order valence-corrected chi connectivity index (χ2v) is 9.78. The van der Waals surface area contributed by atoms with Gasteiger partial charge >= 0.3 is 0 Å². The van der Waals surface area contributed by atoms with E-state index in [2.05, 4.69) is 88.6 Å². The summed E-state index contributed by atoms with van der Waals surface area (Å²) in [5, 5.41) is 5.71. The van der Waals surface area contributed by atoms with E-state index in [4.69, 9.17) is 4.52 Å². The highest BCUT2D eigenvalue weighted by atomic mass is 35.5. The summed E-state index contributed by atoms with van der Waals surface area (Å²) in [5.41, 5.74) is 6.87. The van der Waals surface area contributed by atoms with Crippen molar-refractivity contribution in [3.63, 3.8) is 0 Å². The third kappa shape index (κ3) is 7.68. The molecular formula is C29H37Cl3N4O. The van der Waals surface area contributed by atoms with Gasteiger partial charge in [-0.05, 0) is 88.1 Å². The Hall–Kier alpha value is -2.15. The highest BCUT2D eigenvalue weighted by molar-refractivity contribution is 5.89. The molecule has 0 spiro atoms. The Morgan fingerprint density at radius 2 is 1.65 bits per heavy atom. The molecule has 0 saturated carbocycles. The topological polar surface area (TPSA) is 45.4 Å². The van der Waals surface area contributed by atoms with Gasteiger partial charge < -0.3 is 9.42 Å². The number of likely N-dealkylation sites (tertiary alicyclic amines) is 1. The molecule has 0 radical (unpaired) electrons. The third-order valence-electron chi connectivity index (χ3n) is 6.99. The molecule has 0 amide bonds. The average Bonchev–Trinajstić information content (AvgIpc) is 3.28. The summed E-state index contributed by atoms with van der Waals surface area (Å²) >= 11 is 0. The van der Waals surface area contributed by atoms with Crippen LogP contribution in [0.25, 0.3) is 22.1 Å². The van der Waals surface area contributed by atoms with E-state index in [0.29, 0.717) is 0 Å². The van der Waals surface area contributed by atoms with Gasteiger partial charge in [0.1, 0.15) is 0 Å². The zero-order chi connectivity index (χ0) is 23.3. The largest absolute Gasteiger partial charge is 0.356 e. The fourth-order valence-electron chi connectivity index (χ4n) is 5.15. The number of rotatable bonds is 8. The summed E-state index contributed by atoms with van der Waals surface area (Å²) in [5.74, 6) is 0.747. The molecule has 1 fully saturated rings. The number of piperidine rings is 1. The molecule has 0 N–H and O–H groups in total. The first-order valence-corrected chi connectivity index (χ1v) is 12.4. The number of pyridine rings is 1. The quantitative estimate of drug-likeness (QED) is 0.230. The summed E-state index contributed by atoms with van der Waals surface area (Å²) < 4.78 is 5.97. The lowest BCUT2D eigenvalue weighted by molar-refractivity contribution is 0.170. The minimum Gasteiger partial charge on any atom is -0.356 e. The van der Waals surface area contributed by atoms with E-state index in [0.717, 1.165) is 49.8 Å². The number of halogens is 3. The van der Waals surface area contributed by atoms with Crippen LogP contribution in [0.15, 0.2) is 71.4 Å². The van der Waals surface area contributed by atoms with Crippen LogP contribution in [0.2, 0.25) is 0 Å². The molecule has 4 aromatic rings. The van der Waals surface area contributed by atoms with Gasteiger partial charge in [0.15, 0.2) is 5.58 Å². The lowest BCUT2D eigenvalue weighted by atomic mass is 9.90. The van der Waals surface area contributed by atoms with Gasteiger partial charge in [0, 0.05) is 30.2 Å². The summed E-state index contributed by atoms with van der Waals surface area (Å²) in [4.78, 5) is 9.21. The van der Waals surface area contributed by atoms with Crippen molar-refractivity contribution < 1.29 is 4.52 Å². The lowest BCUT2D eigenvalue weighted by Gasteiger charge is -2.31. The molecule has 37 heavy (non-hydrogen) atoms. The van der Waals surface area contributed by atoms with Gasteiger partial charge in [0.25, 0.3) is 0 Å². The van der Waals surface area contributed by atoms with Crippen molar-refractivity contribution in [2.75, 3.05) is 27.2 Å². The van der Waals surface area contributed by atoms with Crippen molar-refractivity contribution >= 4 is 48.2 Å². The van der Waals surface area contributed by atoms with Gasteiger partial charge in [-0.1, -0.05) is 47.6 Å². The molecule has 0 aliphatic carbocycles. The predicted molar refractivity (Wildman–Crippen MR) is 159 cm³/mol. The molecule has 5 rings (SSSR count). The van der Waals surface area contributed by atoms with Crippen molar-refractivity contribution in [2.45, 2.75) is 38.8 Å². The van der Waals surface area contributed by atoms with Crippen LogP contribution in [-0.4, -0.2) is 47.1 Å². The lowest BCUT2D eigenvalue weighted by Crippen LogP contribution is -2.33. The molecule has 0 unspecified atom stereocenters. The Morgan fingerprint density at radius 1 is 0.919 bits per heavy atom. The van der Waals surface area contributed by atoms with Crippen molar-refractivity contribution in [2.24, 2.45) is 5.92 Å². The highest BCUT2D eigenvalue weighted by Crippen LogP contribution is 2.34. The number of benzene rings is 2. The molecule has 5 nitrogen and oxygen atoms in total. The zero-order valence-corrected chi connectivity index (χ0v) is 24.0. The normalized spacial score (nSPS) is 14.1. The SMILES string of the molecule is CN(C)Cc1c(-c2ccccc2)ccc2c(CCC3CCN(Cc4ccccn4)CC3)noc12.Cl.Cl.Cl. The van der Waals surface area contributed by atoms with Gasteiger partial charge in [-0.15, -0.1) is 37.2 Å². The van der Waals surface area contributed by atoms with E-state index in [-0.39, 0.29) is 37.2 Å².